The van der Waals surface area contributed by atoms with E-state index in [1.54, 1.807) is 6.07 Å². The Bertz CT molecular complexity index is 766. The molecule has 74 valence electrons. The lowest BCUT2D eigenvalue weighted by atomic mass is 10.2. The van der Waals surface area contributed by atoms with Crippen molar-refractivity contribution in [3.63, 3.8) is 0 Å². The van der Waals surface area contributed by atoms with E-state index in [4.69, 9.17) is 0 Å². The number of fused-ring (bicyclic) bond motifs is 3. The summed E-state index contributed by atoms with van der Waals surface area (Å²) >= 11 is 1.49. The predicted octanol–water partition coefficient (Wildman–Crippen LogP) is 1.43. The zero-order valence-electron chi connectivity index (χ0n) is 7.53. The molecule has 15 heavy (non-hydrogen) atoms. The minimum absolute atomic E-state index is 0.332. The highest BCUT2D eigenvalue weighted by atomic mass is 32.1. The van der Waals surface area contributed by atoms with E-state index < -0.39 is 5.69 Å². The van der Waals surface area contributed by atoms with Crippen LogP contribution in [0.1, 0.15) is 0 Å². The summed E-state index contributed by atoms with van der Waals surface area (Å²) in [5, 5.41) is 3.50. The summed E-state index contributed by atoms with van der Waals surface area (Å²) in [5.74, 6) is 0. The van der Waals surface area contributed by atoms with Crippen LogP contribution in [-0.4, -0.2) is 9.97 Å². The van der Waals surface area contributed by atoms with Gasteiger partial charge in [-0.3, -0.25) is 9.78 Å². The molecule has 4 nitrogen and oxygen atoms in total. The molecule has 0 atom stereocenters. The van der Waals surface area contributed by atoms with Crippen molar-refractivity contribution in [3.05, 3.63) is 44.4 Å². The van der Waals surface area contributed by atoms with Crippen molar-refractivity contribution in [1.82, 2.24) is 9.97 Å². The van der Waals surface area contributed by atoms with Gasteiger partial charge in [-0.2, -0.15) is 0 Å². The molecule has 0 fully saturated rings. The van der Waals surface area contributed by atoms with E-state index in [-0.39, 0.29) is 5.56 Å². The number of rotatable bonds is 0. The number of hydrogen-bond donors (Lipinski definition) is 2. The van der Waals surface area contributed by atoms with Crippen molar-refractivity contribution in [2.45, 2.75) is 0 Å². The van der Waals surface area contributed by atoms with Gasteiger partial charge in [0.15, 0.2) is 0 Å². The molecule has 0 aliphatic heterocycles. The standard InChI is InChI=1S/C10H6N2O2S/c13-9-7-6(11-10(14)12-9)2-1-5-3-4-15-8(5)7/h1-4H,(H2,11,12,13,14). The van der Waals surface area contributed by atoms with Gasteiger partial charge >= 0.3 is 5.69 Å². The van der Waals surface area contributed by atoms with E-state index in [1.165, 1.54) is 11.3 Å². The summed E-state index contributed by atoms with van der Waals surface area (Å²) in [6, 6.07) is 5.59. The summed E-state index contributed by atoms with van der Waals surface area (Å²) in [6.45, 7) is 0. The van der Waals surface area contributed by atoms with Crippen LogP contribution in [0.3, 0.4) is 0 Å². The minimum atomic E-state index is -0.469. The maximum absolute atomic E-state index is 11.6. The monoisotopic (exact) mass is 218 g/mol. The normalized spacial score (nSPS) is 11.2. The topological polar surface area (TPSA) is 65.7 Å². The molecule has 0 spiro atoms. The highest BCUT2D eigenvalue weighted by molar-refractivity contribution is 7.18. The number of thiophene rings is 1. The van der Waals surface area contributed by atoms with Gasteiger partial charge in [0.25, 0.3) is 5.56 Å². The third-order valence-corrected chi connectivity index (χ3v) is 3.27. The maximum atomic E-state index is 11.6. The summed E-state index contributed by atoms with van der Waals surface area (Å²) in [7, 11) is 0. The highest BCUT2D eigenvalue weighted by Crippen LogP contribution is 2.25. The quantitative estimate of drug-likeness (QED) is 0.599. The summed E-state index contributed by atoms with van der Waals surface area (Å²) < 4.78 is 0.907. The van der Waals surface area contributed by atoms with Crippen molar-refractivity contribution in [1.29, 1.82) is 0 Å². The molecule has 2 N–H and O–H groups in total. The molecule has 0 saturated heterocycles. The van der Waals surface area contributed by atoms with Crippen LogP contribution in [0, 0.1) is 0 Å². The van der Waals surface area contributed by atoms with Gasteiger partial charge in [0.1, 0.15) is 0 Å². The Balaban J connectivity index is 2.74. The Hall–Kier alpha value is -1.88. The van der Waals surface area contributed by atoms with Crippen molar-refractivity contribution in [2.24, 2.45) is 0 Å². The first-order valence-electron chi connectivity index (χ1n) is 4.38. The van der Waals surface area contributed by atoms with Crippen LogP contribution in [0.5, 0.6) is 0 Å². The zero-order valence-corrected chi connectivity index (χ0v) is 8.35. The molecule has 0 unspecified atom stereocenters. The van der Waals surface area contributed by atoms with E-state index in [9.17, 15) is 9.59 Å². The van der Waals surface area contributed by atoms with Crippen LogP contribution in [-0.2, 0) is 0 Å². The lowest BCUT2D eigenvalue weighted by molar-refractivity contribution is 1.08. The first kappa shape index (κ1) is 8.43. The summed E-state index contributed by atoms with van der Waals surface area (Å²) in [5.41, 5.74) is -0.219. The molecule has 0 bridgehead atoms. The van der Waals surface area contributed by atoms with Crippen LogP contribution < -0.4 is 11.2 Å². The molecule has 0 saturated carbocycles. The second-order valence-corrected chi connectivity index (χ2v) is 4.15. The Morgan fingerprint density at radius 2 is 1.93 bits per heavy atom. The average molecular weight is 218 g/mol. The fourth-order valence-corrected chi connectivity index (χ4v) is 2.62. The Labute approximate surface area is 87.2 Å². The molecule has 2 heterocycles. The minimum Gasteiger partial charge on any atom is -0.307 e. The van der Waals surface area contributed by atoms with Crippen molar-refractivity contribution in [2.75, 3.05) is 0 Å². The fraction of sp³-hybridized carbons (Fsp3) is 0. The van der Waals surface area contributed by atoms with Crippen molar-refractivity contribution >= 4 is 32.3 Å². The Morgan fingerprint density at radius 3 is 2.80 bits per heavy atom. The third kappa shape index (κ3) is 1.13. The number of hydrogen-bond acceptors (Lipinski definition) is 3. The summed E-state index contributed by atoms with van der Waals surface area (Å²) in [6.07, 6.45) is 0. The predicted molar refractivity (Wildman–Crippen MR) is 60.6 cm³/mol. The van der Waals surface area contributed by atoms with Crippen LogP contribution in [0.25, 0.3) is 21.0 Å². The van der Waals surface area contributed by atoms with Gasteiger partial charge in [-0.15, -0.1) is 11.3 Å². The SMILES string of the molecule is O=c1[nH]c(=O)c2c(ccc3ccsc32)[nH]1. The van der Waals surface area contributed by atoms with E-state index in [1.807, 2.05) is 17.5 Å². The molecule has 0 radical (unpaired) electrons. The first-order valence-corrected chi connectivity index (χ1v) is 5.26. The Kier molecular flexibility index (Phi) is 1.58. The van der Waals surface area contributed by atoms with E-state index >= 15 is 0 Å². The van der Waals surface area contributed by atoms with E-state index in [2.05, 4.69) is 9.97 Å². The van der Waals surface area contributed by atoms with Crippen LogP contribution in [0.4, 0.5) is 0 Å². The number of aromatic nitrogens is 2. The number of aromatic amines is 2. The van der Waals surface area contributed by atoms with Gasteiger partial charge in [-0.25, -0.2) is 4.79 Å². The molecule has 0 aliphatic rings. The van der Waals surface area contributed by atoms with Crippen LogP contribution in [0.15, 0.2) is 33.2 Å². The molecule has 0 amide bonds. The van der Waals surface area contributed by atoms with Crippen molar-refractivity contribution < 1.29 is 0 Å². The van der Waals surface area contributed by atoms with Crippen molar-refractivity contribution in [3.8, 4) is 0 Å². The number of H-pyrrole nitrogens is 2. The van der Waals surface area contributed by atoms with Crippen LogP contribution in [0.2, 0.25) is 0 Å². The maximum Gasteiger partial charge on any atom is 0.326 e. The molecule has 3 rings (SSSR count). The third-order valence-electron chi connectivity index (χ3n) is 2.32. The second kappa shape index (κ2) is 2.80. The molecule has 1 aromatic carbocycles. The van der Waals surface area contributed by atoms with Gasteiger partial charge in [0, 0.05) is 4.70 Å². The zero-order chi connectivity index (χ0) is 10.4. The largest absolute Gasteiger partial charge is 0.326 e. The van der Waals surface area contributed by atoms with Crippen LogP contribution >= 0.6 is 11.3 Å². The molecule has 3 aromatic rings. The van der Waals surface area contributed by atoms with E-state index in [0.29, 0.717) is 10.9 Å². The molecule has 0 aliphatic carbocycles. The van der Waals surface area contributed by atoms with Gasteiger partial charge in [0.05, 0.1) is 10.9 Å². The number of nitrogens with one attached hydrogen (secondary N) is 2. The van der Waals surface area contributed by atoms with Gasteiger partial charge in [-0.1, -0.05) is 6.07 Å². The van der Waals surface area contributed by atoms with Gasteiger partial charge < -0.3 is 4.98 Å². The van der Waals surface area contributed by atoms with Gasteiger partial charge in [0.2, 0.25) is 0 Å². The smallest absolute Gasteiger partial charge is 0.307 e. The average Bonchev–Trinajstić information content (AvgIpc) is 2.63. The molecule has 2 aromatic heterocycles. The van der Waals surface area contributed by atoms with E-state index in [0.717, 1.165) is 10.1 Å². The first-order chi connectivity index (χ1) is 7.25. The molecular formula is C10H6N2O2S. The Morgan fingerprint density at radius 1 is 1.07 bits per heavy atom. The van der Waals surface area contributed by atoms with Gasteiger partial charge in [-0.05, 0) is 22.9 Å². The fourth-order valence-electron chi connectivity index (χ4n) is 1.68. The summed E-state index contributed by atoms with van der Waals surface area (Å²) in [4.78, 5) is 27.6. The second-order valence-electron chi connectivity index (χ2n) is 3.24. The lowest BCUT2D eigenvalue weighted by Gasteiger charge is -1.96. The lowest BCUT2D eigenvalue weighted by Crippen LogP contribution is -2.21. The highest BCUT2D eigenvalue weighted by Gasteiger charge is 2.06. The number of benzene rings is 1. The molecule has 5 heteroatoms. The molecular weight excluding hydrogens is 212 g/mol.